The molecule has 0 aliphatic heterocycles. The summed E-state index contributed by atoms with van der Waals surface area (Å²) in [5, 5.41) is 5.77. The van der Waals surface area contributed by atoms with Gasteiger partial charge in [-0.2, -0.15) is 0 Å². The minimum absolute atomic E-state index is 0.170. The van der Waals surface area contributed by atoms with Gasteiger partial charge in [0.15, 0.2) is 5.13 Å². The van der Waals surface area contributed by atoms with Gasteiger partial charge in [-0.1, -0.05) is 18.2 Å². The first kappa shape index (κ1) is 10.1. The lowest BCUT2D eigenvalue weighted by Crippen LogP contribution is -1.93. The number of nitrogens with zero attached hydrogens (tertiary/aromatic N) is 1. The number of anilines is 1. The van der Waals surface area contributed by atoms with Gasteiger partial charge in [-0.15, -0.1) is 11.3 Å². The van der Waals surface area contributed by atoms with Crippen LogP contribution in [0.1, 0.15) is 11.3 Å². The molecule has 0 amide bonds. The molecule has 1 heterocycles. The fourth-order valence-corrected chi connectivity index (χ4v) is 2.01. The Bertz CT molecular complexity index is 453. The SMILES string of the molecule is CNc1nc(Cc2ccccc2F)cs1. The molecule has 0 saturated carbocycles. The zero-order valence-electron chi connectivity index (χ0n) is 8.33. The second-order valence-corrected chi connectivity index (χ2v) is 4.02. The van der Waals surface area contributed by atoms with Crippen LogP contribution >= 0.6 is 11.3 Å². The fraction of sp³-hybridized carbons (Fsp3) is 0.182. The van der Waals surface area contributed by atoms with Gasteiger partial charge in [-0.25, -0.2) is 9.37 Å². The molecule has 2 aromatic rings. The quantitative estimate of drug-likeness (QED) is 0.863. The van der Waals surface area contributed by atoms with Gasteiger partial charge < -0.3 is 5.32 Å². The molecule has 0 fully saturated rings. The summed E-state index contributed by atoms with van der Waals surface area (Å²) in [6.07, 6.45) is 0.546. The predicted octanol–water partition coefficient (Wildman–Crippen LogP) is 2.91. The number of benzene rings is 1. The van der Waals surface area contributed by atoms with Crippen LogP contribution in [0.3, 0.4) is 0 Å². The second-order valence-electron chi connectivity index (χ2n) is 3.16. The van der Waals surface area contributed by atoms with Crippen molar-refractivity contribution in [1.82, 2.24) is 4.98 Å². The van der Waals surface area contributed by atoms with Crippen molar-refractivity contribution in [2.75, 3.05) is 12.4 Å². The van der Waals surface area contributed by atoms with Crippen molar-refractivity contribution in [2.24, 2.45) is 0 Å². The monoisotopic (exact) mass is 222 g/mol. The Morgan fingerprint density at radius 1 is 1.40 bits per heavy atom. The Labute approximate surface area is 91.8 Å². The van der Waals surface area contributed by atoms with Gasteiger partial charge in [-0.05, 0) is 11.6 Å². The molecule has 4 heteroatoms. The second kappa shape index (κ2) is 4.40. The Balaban J connectivity index is 2.18. The number of hydrogen-bond acceptors (Lipinski definition) is 3. The summed E-state index contributed by atoms with van der Waals surface area (Å²) in [4.78, 5) is 4.31. The van der Waals surface area contributed by atoms with Crippen LogP contribution in [0.4, 0.5) is 9.52 Å². The molecule has 0 aliphatic rings. The van der Waals surface area contributed by atoms with E-state index in [1.165, 1.54) is 17.4 Å². The average molecular weight is 222 g/mol. The lowest BCUT2D eigenvalue weighted by atomic mass is 10.1. The molecule has 0 spiro atoms. The summed E-state index contributed by atoms with van der Waals surface area (Å²) in [5.41, 5.74) is 1.58. The zero-order chi connectivity index (χ0) is 10.7. The minimum Gasteiger partial charge on any atom is -0.365 e. The van der Waals surface area contributed by atoms with Crippen molar-refractivity contribution in [1.29, 1.82) is 0 Å². The molecule has 2 nitrogen and oxygen atoms in total. The molecular formula is C11H11FN2S. The first-order valence-electron chi connectivity index (χ1n) is 4.65. The third kappa shape index (κ3) is 2.33. The summed E-state index contributed by atoms with van der Waals surface area (Å²) in [5.74, 6) is -0.170. The highest BCUT2D eigenvalue weighted by atomic mass is 32.1. The molecule has 0 atom stereocenters. The maximum Gasteiger partial charge on any atom is 0.182 e. The van der Waals surface area contributed by atoms with E-state index < -0.39 is 0 Å². The van der Waals surface area contributed by atoms with E-state index in [0.717, 1.165) is 10.8 Å². The highest BCUT2D eigenvalue weighted by Crippen LogP contribution is 2.18. The molecule has 0 saturated heterocycles. The standard InChI is InChI=1S/C11H11FN2S/c1-13-11-14-9(7-15-11)6-8-4-2-3-5-10(8)12/h2-5,7H,6H2,1H3,(H,13,14). The Kier molecular flexibility index (Phi) is 2.97. The summed E-state index contributed by atoms with van der Waals surface area (Å²) in [7, 11) is 1.83. The first-order valence-corrected chi connectivity index (χ1v) is 5.53. The normalized spacial score (nSPS) is 10.3. The number of hydrogen-bond donors (Lipinski definition) is 1. The molecule has 0 aliphatic carbocycles. The van der Waals surface area contributed by atoms with E-state index in [-0.39, 0.29) is 5.82 Å². The van der Waals surface area contributed by atoms with E-state index >= 15 is 0 Å². The summed E-state index contributed by atoms with van der Waals surface area (Å²) in [6, 6.07) is 6.79. The van der Waals surface area contributed by atoms with Crippen LogP contribution in [0, 0.1) is 5.82 Å². The van der Waals surface area contributed by atoms with Crippen LogP contribution < -0.4 is 5.32 Å². The summed E-state index contributed by atoms with van der Waals surface area (Å²) in [6.45, 7) is 0. The Morgan fingerprint density at radius 3 is 2.87 bits per heavy atom. The molecule has 0 unspecified atom stereocenters. The average Bonchev–Trinajstić information content (AvgIpc) is 2.69. The van der Waals surface area contributed by atoms with E-state index in [2.05, 4.69) is 10.3 Å². The topological polar surface area (TPSA) is 24.9 Å². The van der Waals surface area contributed by atoms with Crippen LogP contribution in [0.5, 0.6) is 0 Å². The van der Waals surface area contributed by atoms with E-state index in [9.17, 15) is 4.39 Å². The van der Waals surface area contributed by atoms with Crippen molar-refractivity contribution >= 4 is 16.5 Å². The van der Waals surface area contributed by atoms with Gasteiger partial charge in [0, 0.05) is 18.8 Å². The number of rotatable bonds is 3. The molecule has 78 valence electrons. The van der Waals surface area contributed by atoms with Crippen molar-refractivity contribution in [3.8, 4) is 0 Å². The zero-order valence-corrected chi connectivity index (χ0v) is 9.14. The van der Waals surface area contributed by atoms with E-state index in [1.807, 2.05) is 18.5 Å². The predicted molar refractivity (Wildman–Crippen MR) is 60.9 cm³/mol. The van der Waals surface area contributed by atoms with Crippen LogP contribution in [0.25, 0.3) is 0 Å². The van der Waals surface area contributed by atoms with Crippen LogP contribution in [-0.2, 0) is 6.42 Å². The highest BCUT2D eigenvalue weighted by Gasteiger charge is 2.05. The Morgan fingerprint density at radius 2 is 2.20 bits per heavy atom. The minimum atomic E-state index is -0.170. The third-order valence-electron chi connectivity index (χ3n) is 2.10. The van der Waals surface area contributed by atoms with Crippen molar-refractivity contribution in [2.45, 2.75) is 6.42 Å². The molecule has 15 heavy (non-hydrogen) atoms. The molecule has 2 rings (SSSR count). The molecule has 1 N–H and O–H groups in total. The van der Waals surface area contributed by atoms with E-state index in [0.29, 0.717) is 12.0 Å². The fourth-order valence-electron chi connectivity index (χ4n) is 1.34. The number of nitrogens with one attached hydrogen (secondary N) is 1. The molecule has 1 aromatic carbocycles. The van der Waals surface area contributed by atoms with Gasteiger partial charge in [0.2, 0.25) is 0 Å². The van der Waals surface area contributed by atoms with E-state index in [1.54, 1.807) is 12.1 Å². The number of thiazole rings is 1. The molecule has 1 aromatic heterocycles. The van der Waals surface area contributed by atoms with Gasteiger partial charge >= 0.3 is 0 Å². The van der Waals surface area contributed by atoms with Crippen LogP contribution in [0.2, 0.25) is 0 Å². The lowest BCUT2D eigenvalue weighted by Gasteiger charge is -1.99. The Hall–Kier alpha value is -1.42. The summed E-state index contributed by atoms with van der Waals surface area (Å²) >= 11 is 1.53. The van der Waals surface area contributed by atoms with Crippen LogP contribution in [-0.4, -0.2) is 12.0 Å². The smallest absolute Gasteiger partial charge is 0.182 e. The van der Waals surface area contributed by atoms with E-state index in [4.69, 9.17) is 0 Å². The van der Waals surface area contributed by atoms with Crippen LogP contribution in [0.15, 0.2) is 29.6 Å². The van der Waals surface area contributed by atoms with Gasteiger partial charge in [-0.3, -0.25) is 0 Å². The molecule has 0 bridgehead atoms. The number of aromatic nitrogens is 1. The maximum absolute atomic E-state index is 13.3. The largest absolute Gasteiger partial charge is 0.365 e. The van der Waals surface area contributed by atoms with Crippen molar-refractivity contribution in [3.05, 3.63) is 46.7 Å². The van der Waals surface area contributed by atoms with Gasteiger partial charge in [0.1, 0.15) is 5.82 Å². The van der Waals surface area contributed by atoms with Crippen molar-refractivity contribution in [3.63, 3.8) is 0 Å². The maximum atomic E-state index is 13.3. The third-order valence-corrected chi connectivity index (χ3v) is 3.00. The first-order chi connectivity index (χ1) is 7.29. The van der Waals surface area contributed by atoms with Gasteiger partial charge in [0.05, 0.1) is 5.69 Å². The molecular weight excluding hydrogens is 211 g/mol. The number of halogens is 1. The molecule has 0 radical (unpaired) electrons. The lowest BCUT2D eigenvalue weighted by molar-refractivity contribution is 0.613. The van der Waals surface area contributed by atoms with Gasteiger partial charge in [0.25, 0.3) is 0 Å². The highest BCUT2D eigenvalue weighted by molar-refractivity contribution is 7.13. The van der Waals surface area contributed by atoms with Crippen molar-refractivity contribution < 1.29 is 4.39 Å². The summed E-state index contributed by atoms with van der Waals surface area (Å²) < 4.78 is 13.3.